The summed E-state index contributed by atoms with van der Waals surface area (Å²) in [6.07, 6.45) is 0.681. The number of Topliss-reactive ketones (excluding diaryl/α,β-unsaturated/α-hetero) is 1. The predicted octanol–water partition coefficient (Wildman–Crippen LogP) is 3.96. The van der Waals surface area contributed by atoms with Crippen LogP contribution in [0.4, 0.5) is 5.69 Å². The molecule has 102 valence electrons. The summed E-state index contributed by atoms with van der Waals surface area (Å²) in [5, 5.41) is 8.99. The molecule has 0 atom stereocenters. The number of hydrogen-bond acceptors (Lipinski definition) is 3. The van der Waals surface area contributed by atoms with Gasteiger partial charge in [0.1, 0.15) is 5.78 Å². The molecule has 0 unspecified atom stereocenters. The lowest BCUT2D eigenvalue weighted by atomic mass is 10.0. The van der Waals surface area contributed by atoms with E-state index in [-0.39, 0.29) is 5.78 Å². The molecule has 0 bridgehead atoms. The van der Waals surface area contributed by atoms with Crippen LogP contribution in [-0.4, -0.2) is 11.5 Å². The van der Waals surface area contributed by atoms with Gasteiger partial charge in [-0.1, -0.05) is 28.1 Å². The lowest BCUT2D eigenvalue weighted by Crippen LogP contribution is -2.09. The van der Waals surface area contributed by atoms with E-state index in [0.717, 1.165) is 27.0 Å². The van der Waals surface area contributed by atoms with E-state index < -0.39 is 0 Å². The van der Waals surface area contributed by atoms with Crippen molar-refractivity contribution in [2.24, 2.45) is 4.99 Å². The van der Waals surface area contributed by atoms with Crippen LogP contribution in [-0.2, 0) is 11.2 Å². The second kappa shape index (κ2) is 5.63. The van der Waals surface area contributed by atoms with Crippen molar-refractivity contribution >= 4 is 33.1 Å². The maximum absolute atomic E-state index is 12.1. The van der Waals surface area contributed by atoms with Gasteiger partial charge < -0.3 is 0 Å². The minimum Gasteiger partial charge on any atom is -0.299 e. The van der Waals surface area contributed by atoms with Gasteiger partial charge in [-0.05, 0) is 41.5 Å². The third-order valence-corrected chi connectivity index (χ3v) is 3.87. The average Bonchev–Trinajstić information content (AvgIpc) is 2.65. The van der Waals surface area contributed by atoms with Crippen molar-refractivity contribution < 1.29 is 4.79 Å². The highest BCUT2D eigenvalue weighted by Gasteiger charge is 2.18. The highest BCUT2D eigenvalue weighted by molar-refractivity contribution is 9.10. The predicted molar refractivity (Wildman–Crippen MR) is 84.8 cm³/mol. The molecule has 4 heteroatoms. The number of halogens is 1. The summed E-state index contributed by atoms with van der Waals surface area (Å²) in [4.78, 5) is 16.8. The van der Waals surface area contributed by atoms with Gasteiger partial charge in [0, 0.05) is 17.3 Å². The van der Waals surface area contributed by atoms with Crippen LogP contribution < -0.4 is 0 Å². The van der Waals surface area contributed by atoms with E-state index in [2.05, 4.69) is 27.0 Å². The number of ketones is 1. The summed E-state index contributed by atoms with van der Waals surface area (Å²) in [5.41, 5.74) is 3.88. The van der Waals surface area contributed by atoms with Crippen molar-refractivity contribution in [1.29, 1.82) is 5.26 Å². The zero-order valence-electron chi connectivity index (χ0n) is 11.1. The molecule has 0 aromatic heterocycles. The van der Waals surface area contributed by atoms with Gasteiger partial charge in [0.25, 0.3) is 0 Å². The number of nitriles is 1. The molecular weight excluding hydrogens is 328 g/mol. The normalized spacial score (nSPS) is 13.9. The van der Waals surface area contributed by atoms with Crippen molar-refractivity contribution in [2.75, 3.05) is 0 Å². The molecule has 2 aromatic rings. The van der Waals surface area contributed by atoms with E-state index in [1.54, 1.807) is 12.1 Å². The van der Waals surface area contributed by atoms with Gasteiger partial charge in [0.05, 0.1) is 23.0 Å². The molecule has 0 radical (unpaired) electrons. The molecule has 1 heterocycles. The van der Waals surface area contributed by atoms with Crippen LogP contribution in [0.5, 0.6) is 0 Å². The molecule has 2 aromatic carbocycles. The molecule has 0 saturated heterocycles. The summed E-state index contributed by atoms with van der Waals surface area (Å²) in [7, 11) is 0. The Morgan fingerprint density at radius 1 is 1.14 bits per heavy atom. The van der Waals surface area contributed by atoms with Gasteiger partial charge >= 0.3 is 0 Å². The zero-order valence-corrected chi connectivity index (χ0v) is 12.7. The first-order valence-corrected chi connectivity index (χ1v) is 7.33. The van der Waals surface area contributed by atoms with Crippen LogP contribution >= 0.6 is 15.9 Å². The molecule has 1 aliphatic rings. The van der Waals surface area contributed by atoms with Gasteiger partial charge in [0.15, 0.2) is 0 Å². The van der Waals surface area contributed by atoms with E-state index in [1.165, 1.54) is 0 Å². The molecule has 3 rings (SSSR count). The Labute approximate surface area is 131 Å². The number of fused-ring (bicyclic) bond motifs is 1. The minimum absolute atomic E-state index is 0.132. The summed E-state index contributed by atoms with van der Waals surface area (Å²) < 4.78 is 0.944. The van der Waals surface area contributed by atoms with E-state index in [0.29, 0.717) is 18.4 Å². The van der Waals surface area contributed by atoms with Crippen molar-refractivity contribution in [3.63, 3.8) is 0 Å². The second-order valence-electron chi connectivity index (χ2n) is 4.92. The Morgan fingerprint density at radius 3 is 2.81 bits per heavy atom. The van der Waals surface area contributed by atoms with Gasteiger partial charge in [-0.3, -0.25) is 9.79 Å². The van der Waals surface area contributed by atoms with Crippen molar-refractivity contribution in [1.82, 2.24) is 0 Å². The molecule has 21 heavy (non-hydrogen) atoms. The first-order valence-electron chi connectivity index (χ1n) is 6.54. The Morgan fingerprint density at radius 2 is 2.00 bits per heavy atom. The summed E-state index contributed by atoms with van der Waals surface area (Å²) >= 11 is 3.42. The first-order chi connectivity index (χ1) is 10.2. The van der Waals surface area contributed by atoms with Gasteiger partial charge in [-0.2, -0.15) is 5.26 Å². The third-order valence-electron chi connectivity index (χ3n) is 3.37. The fourth-order valence-electron chi connectivity index (χ4n) is 2.39. The Balaban J connectivity index is 2.11. The molecule has 1 aliphatic heterocycles. The standard InChI is InChI=1S/C17H11BrN2O/c18-14-4-5-16-13(7-14)8-15(21)9-17(20-16)12-3-1-2-11(6-12)10-19/h1-7H,8-9H2. The fraction of sp³-hybridized carbons (Fsp3) is 0.118. The monoisotopic (exact) mass is 338 g/mol. The number of benzene rings is 2. The van der Waals surface area contributed by atoms with E-state index in [4.69, 9.17) is 5.26 Å². The number of nitrogens with zero attached hydrogens (tertiary/aromatic N) is 2. The van der Waals surface area contributed by atoms with Crippen molar-refractivity contribution in [3.8, 4) is 6.07 Å². The molecule has 0 spiro atoms. The largest absolute Gasteiger partial charge is 0.299 e. The van der Waals surface area contributed by atoms with Crippen LogP contribution in [0.2, 0.25) is 0 Å². The molecule has 0 aliphatic carbocycles. The fourth-order valence-corrected chi connectivity index (χ4v) is 2.79. The summed E-state index contributed by atoms with van der Waals surface area (Å²) in [6.45, 7) is 0. The number of hydrogen-bond donors (Lipinski definition) is 0. The highest BCUT2D eigenvalue weighted by Crippen LogP contribution is 2.28. The van der Waals surface area contributed by atoms with Gasteiger partial charge in [-0.25, -0.2) is 0 Å². The number of carbonyl (C=O) groups is 1. The third kappa shape index (κ3) is 2.93. The summed E-state index contributed by atoms with van der Waals surface area (Å²) in [5.74, 6) is 0.132. The number of aliphatic imine (C=N–C) groups is 1. The Kier molecular flexibility index (Phi) is 3.68. The lowest BCUT2D eigenvalue weighted by Gasteiger charge is -2.04. The molecule has 3 nitrogen and oxygen atoms in total. The van der Waals surface area contributed by atoms with Crippen LogP contribution in [0, 0.1) is 11.3 Å². The van der Waals surface area contributed by atoms with Crippen LogP contribution in [0.25, 0.3) is 0 Å². The smallest absolute Gasteiger partial charge is 0.143 e. The maximum atomic E-state index is 12.1. The topological polar surface area (TPSA) is 53.2 Å². The quantitative estimate of drug-likeness (QED) is 0.790. The molecule has 0 N–H and O–H groups in total. The van der Waals surface area contributed by atoms with E-state index in [9.17, 15) is 4.79 Å². The SMILES string of the molecule is N#Cc1cccc(C2=Nc3ccc(Br)cc3CC(=O)C2)c1. The van der Waals surface area contributed by atoms with Crippen LogP contribution in [0.15, 0.2) is 51.9 Å². The summed E-state index contributed by atoms with van der Waals surface area (Å²) in [6, 6.07) is 15.1. The molecule has 0 amide bonds. The van der Waals surface area contributed by atoms with Gasteiger partial charge in [0.2, 0.25) is 0 Å². The van der Waals surface area contributed by atoms with E-state index in [1.807, 2.05) is 30.3 Å². The van der Waals surface area contributed by atoms with Crippen LogP contribution in [0.3, 0.4) is 0 Å². The zero-order chi connectivity index (χ0) is 14.8. The Hall–Kier alpha value is -2.25. The van der Waals surface area contributed by atoms with Crippen molar-refractivity contribution in [3.05, 3.63) is 63.6 Å². The second-order valence-corrected chi connectivity index (χ2v) is 5.83. The van der Waals surface area contributed by atoms with Gasteiger partial charge in [-0.15, -0.1) is 0 Å². The first kappa shape index (κ1) is 13.7. The molecular formula is C17H11BrN2O. The average molecular weight is 339 g/mol. The highest BCUT2D eigenvalue weighted by atomic mass is 79.9. The molecule has 0 fully saturated rings. The van der Waals surface area contributed by atoms with Crippen molar-refractivity contribution in [2.45, 2.75) is 12.8 Å². The molecule has 0 saturated carbocycles. The maximum Gasteiger partial charge on any atom is 0.143 e. The minimum atomic E-state index is 0.132. The Bertz CT molecular complexity index is 803. The van der Waals surface area contributed by atoms with E-state index >= 15 is 0 Å². The number of carbonyl (C=O) groups excluding carboxylic acids is 1. The lowest BCUT2D eigenvalue weighted by molar-refractivity contribution is -0.117. The van der Waals surface area contributed by atoms with Crippen LogP contribution in [0.1, 0.15) is 23.1 Å². The number of rotatable bonds is 1.